The van der Waals surface area contributed by atoms with Crippen molar-refractivity contribution < 1.29 is 0 Å². The van der Waals surface area contributed by atoms with Gasteiger partial charge in [-0.3, -0.25) is 0 Å². The van der Waals surface area contributed by atoms with Gasteiger partial charge in [0.1, 0.15) is 6.07 Å². The van der Waals surface area contributed by atoms with Crippen LogP contribution in [0.4, 0.5) is 0 Å². The average Bonchev–Trinajstić information content (AvgIpc) is 3.89. The first-order chi connectivity index (χ1) is 27.2. The van der Waals surface area contributed by atoms with Crippen LogP contribution in [-0.4, -0.2) is 13.7 Å². The Morgan fingerprint density at radius 3 is 1.53 bits per heavy atom. The van der Waals surface area contributed by atoms with Crippen LogP contribution in [0.5, 0.6) is 0 Å². The quantitative estimate of drug-likeness (QED) is 0.184. The van der Waals surface area contributed by atoms with E-state index >= 15 is 0 Å². The predicted octanol–water partition coefficient (Wildman–Crippen LogP) is 12.4. The first kappa shape index (κ1) is 30.7. The van der Waals surface area contributed by atoms with Crippen LogP contribution in [0.25, 0.3) is 93.6 Å². The molecule has 0 saturated heterocycles. The maximum atomic E-state index is 10.9. The molecule has 0 amide bonds. The van der Waals surface area contributed by atoms with Crippen molar-refractivity contribution in [3.8, 4) is 40.3 Å². The van der Waals surface area contributed by atoms with Gasteiger partial charge in [0.15, 0.2) is 0 Å². The lowest BCUT2D eigenvalue weighted by molar-refractivity contribution is 1.13. The minimum atomic E-state index is 0.583. The van der Waals surface area contributed by atoms with Crippen LogP contribution in [0.15, 0.2) is 176 Å². The molecule has 0 aliphatic heterocycles. The zero-order chi connectivity index (χ0) is 36.6. The molecule has 0 bridgehead atoms. The van der Waals surface area contributed by atoms with E-state index in [1.54, 1.807) is 0 Å². The molecule has 11 rings (SSSR count). The minimum absolute atomic E-state index is 0.583. The van der Waals surface area contributed by atoms with E-state index in [1.165, 1.54) is 21.5 Å². The van der Waals surface area contributed by atoms with E-state index in [9.17, 15) is 10.5 Å². The standard InChI is InChI=1S/C50H29N5/c51-30-32-26-27-48-41(28-32)39-17-4-8-23-46(39)54(48)47-24-10-18-35(42(47)31-52)33-12-9-13-34(29-33)53-43-20-5-3-16-38(43)40-19-11-25-49(50(40)53)55-44-21-6-1-14-36(44)37-15-2-7-22-45(37)55/h1-29H. The van der Waals surface area contributed by atoms with Crippen LogP contribution >= 0.6 is 0 Å². The SMILES string of the molecule is N#Cc1ccc2c(c1)c1ccccc1n2-c1cccc(-c2cccc(-n3c4ccccc4c4cccc(-n5c6ccccc6c6ccccc65)c43)c2)c1C#N. The van der Waals surface area contributed by atoms with E-state index in [4.69, 9.17) is 0 Å². The molecule has 55 heavy (non-hydrogen) atoms. The molecule has 0 radical (unpaired) electrons. The van der Waals surface area contributed by atoms with Crippen molar-refractivity contribution in [3.05, 3.63) is 187 Å². The van der Waals surface area contributed by atoms with E-state index < -0.39 is 0 Å². The first-order valence-electron chi connectivity index (χ1n) is 18.3. The van der Waals surface area contributed by atoms with Gasteiger partial charge < -0.3 is 13.7 Å². The van der Waals surface area contributed by atoms with Gasteiger partial charge in [0.2, 0.25) is 0 Å². The van der Waals surface area contributed by atoms with Crippen molar-refractivity contribution in [3.63, 3.8) is 0 Å². The molecule has 8 aromatic carbocycles. The Kier molecular flexibility index (Phi) is 6.61. The molecule has 0 fully saturated rings. The van der Waals surface area contributed by atoms with Crippen LogP contribution in [0.2, 0.25) is 0 Å². The Hall–Kier alpha value is -7.86. The van der Waals surface area contributed by atoms with Crippen molar-refractivity contribution in [1.82, 2.24) is 13.7 Å². The number of hydrogen-bond acceptors (Lipinski definition) is 2. The maximum absolute atomic E-state index is 10.9. The average molecular weight is 700 g/mol. The molecule has 5 heteroatoms. The second-order valence-corrected chi connectivity index (χ2v) is 14.0. The highest BCUT2D eigenvalue weighted by molar-refractivity contribution is 6.15. The molecular formula is C50H29N5. The maximum Gasteiger partial charge on any atom is 0.102 e. The number of hydrogen-bond donors (Lipinski definition) is 0. The highest BCUT2D eigenvalue weighted by Crippen LogP contribution is 2.41. The van der Waals surface area contributed by atoms with Gasteiger partial charge in [-0.05, 0) is 72.3 Å². The zero-order valence-corrected chi connectivity index (χ0v) is 29.5. The predicted molar refractivity (Wildman–Crippen MR) is 224 cm³/mol. The molecule has 0 aliphatic rings. The molecule has 254 valence electrons. The minimum Gasteiger partial charge on any atom is -0.308 e. The van der Waals surface area contributed by atoms with Crippen LogP contribution in [0.1, 0.15) is 11.1 Å². The highest BCUT2D eigenvalue weighted by Gasteiger charge is 2.21. The summed E-state index contributed by atoms with van der Waals surface area (Å²) in [5, 5.41) is 27.4. The smallest absolute Gasteiger partial charge is 0.102 e. The van der Waals surface area contributed by atoms with Gasteiger partial charge in [-0.25, -0.2) is 0 Å². The molecule has 0 atom stereocenters. The van der Waals surface area contributed by atoms with Gasteiger partial charge in [-0.1, -0.05) is 109 Å². The van der Waals surface area contributed by atoms with Crippen molar-refractivity contribution >= 4 is 65.4 Å². The van der Waals surface area contributed by atoms with Gasteiger partial charge >= 0.3 is 0 Å². The molecule has 5 nitrogen and oxygen atoms in total. The third-order valence-electron chi connectivity index (χ3n) is 11.1. The summed E-state index contributed by atoms with van der Waals surface area (Å²) in [6.45, 7) is 0. The van der Waals surface area contributed by atoms with E-state index in [-0.39, 0.29) is 0 Å². The van der Waals surface area contributed by atoms with Crippen molar-refractivity contribution in [1.29, 1.82) is 10.5 Å². The summed E-state index contributed by atoms with van der Waals surface area (Å²) in [5.41, 5.74) is 12.4. The number of fused-ring (bicyclic) bond motifs is 9. The molecule has 11 aromatic rings. The molecular weight excluding hydrogens is 671 g/mol. The summed E-state index contributed by atoms with van der Waals surface area (Å²) in [4.78, 5) is 0. The third-order valence-corrected chi connectivity index (χ3v) is 11.1. The molecule has 3 heterocycles. The van der Waals surface area contributed by atoms with E-state index in [1.807, 2.05) is 48.5 Å². The summed E-state index contributed by atoms with van der Waals surface area (Å²) < 4.78 is 6.93. The summed E-state index contributed by atoms with van der Waals surface area (Å²) in [6, 6.07) is 65.9. The first-order valence-corrected chi connectivity index (χ1v) is 18.3. The monoisotopic (exact) mass is 699 g/mol. The van der Waals surface area contributed by atoms with E-state index in [0.717, 1.165) is 72.1 Å². The lowest BCUT2D eigenvalue weighted by Gasteiger charge is -2.16. The largest absolute Gasteiger partial charge is 0.308 e. The summed E-state index contributed by atoms with van der Waals surface area (Å²) in [5.74, 6) is 0. The lowest BCUT2D eigenvalue weighted by Crippen LogP contribution is -2.01. The number of aromatic nitrogens is 3. The molecule has 0 spiro atoms. The molecule has 0 aliphatic carbocycles. The second-order valence-electron chi connectivity index (χ2n) is 14.0. The number of para-hydroxylation sites is 5. The molecule has 0 N–H and O–H groups in total. The van der Waals surface area contributed by atoms with Crippen LogP contribution in [0, 0.1) is 22.7 Å². The number of benzene rings is 8. The second kappa shape index (κ2) is 11.8. The Morgan fingerprint density at radius 1 is 0.364 bits per heavy atom. The molecule has 0 unspecified atom stereocenters. The summed E-state index contributed by atoms with van der Waals surface area (Å²) >= 11 is 0. The number of nitrogens with zero attached hydrogens (tertiary/aromatic N) is 5. The Bertz CT molecular complexity index is 3420. The summed E-state index contributed by atoms with van der Waals surface area (Å²) in [7, 11) is 0. The van der Waals surface area contributed by atoms with Crippen LogP contribution < -0.4 is 0 Å². The van der Waals surface area contributed by atoms with Gasteiger partial charge in [0, 0.05) is 43.6 Å². The zero-order valence-electron chi connectivity index (χ0n) is 29.5. The van der Waals surface area contributed by atoms with Gasteiger partial charge in [0.05, 0.1) is 61.7 Å². The Morgan fingerprint density at radius 2 is 0.873 bits per heavy atom. The topological polar surface area (TPSA) is 62.4 Å². The fraction of sp³-hybridized carbons (Fsp3) is 0. The lowest BCUT2D eigenvalue weighted by atomic mass is 9.98. The normalized spacial score (nSPS) is 11.6. The summed E-state index contributed by atoms with van der Waals surface area (Å²) in [6.07, 6.45) is 0. The van der Waals surface area contributed by atoms with Crippen molar-refractivity contribution in [2.24, 2.45) is 0 Å². The van der Waals surface area contributed by atoms with E-state index in [0.29, 0.717) is 11.1 Å². The molecule has 0 saturated carbocycles. The Labute approximate surface area is 316 Å². The number of nitriles is 2. The fourth-order valence-corrected chi connectivity index (χ4v) is 8.83. The van der Waals surface area contributed by atoms with Crippen LogP contribution in [-0.2, 0) is 0 Å². The van der Waals surface area contributed by atoms with Gasteiger partial charge in [-0.15, -0.1) is 0 Å². The van der Waals surface area contributed by atoms with Crippen LogP contribution in [0.3, 0.4) is 0 Å². The molecule has 3 aromatic heterocycles. The van der Waals surface area contributed by atoms with Crippen molar-refractivity contribution in [2.45, 2.75) is 0 Å². The fourth-order valence-electron chi connectivity index (χ4n) is 8.83. The Balaban J connectivity index is 1.16. The van der Waals surface area contributed by atoms with E-state index in [2.05, 4.69) is 153 Å². The van der Waals surface area contributed by atoms with Gasteiger partial charge in [0.25, 0.3) is 0 Å². The van der Waals surface area contributed by atoms with Gasteiger partial charge in [-0.2, -0.15) is 10.5 Å². The van der Waals surface area contributed by atoms with Crippen molar-refractivity contribution in [2.75, 3.05) is 0 Å². The number of rotatable bonds is 4. The highest BCUT2D eigenvalue weighted by atomic mass is 15.1. The third kappa shape index (κ3) is 4.39.